The minimum atomic E-state index is -0.612. The Labute approximate surface area is 162 Å². The number of nitrogens with zero attached hydrogens (tertiary/aromatic N) is 2. The lowest BCUT2D eigenvalue weighted by atomic mass is 10.2. The molecule has 1 atom stereocenters. The van der Waals surface area contributed by atoms with Gasteiger partial charge in [0.2, 0.25) is 0 Å². The molecule has 0 spiro atoms. The summed E-state index contributed by atoms with van der Waals surface area (Å²) in [6, 6.07) is 11.5. The van der Waals surface area contributed by atoms with Crippen LogP contribution in [-0.4, -0.2) is 55.4 Å². The number of rotatable bonds is 6. The van der Waals surface area contributed by atoms with Gasteiger partial charge in [-0.15, -0.1) is 0 Å². The zero-order valence-electron chi connectivity index (χ0n) is 14.2. The summed E-state index contributed by atoms with van der Waals surface area (Å²) in [5, 5.41) is 11.2. The van der Waals surface area contributed by atoms with Gasteiger partial charge in [0.1, 0.15) is 24.3 Å². The smallest absolute Gasteiger partial charge is 0.138 e. The van der Waals surface area contributed by atoms with Crippen molar-refractivity contribution in [3.05, 3.63) is 58.3 Å². The molecule has 0 aromatic heterocycles. The molecule has 140 valence electrons. The van der Waals surface area contributed by atoms with E-state index in [0.29, 0.717) is 22.3 Å². The molecule has 1 N–H and O–H groups in total. The van der Waals surface area contributed by atoms with E-state index in [1.165, 1.54) is 12.1 Å². The van der Waals surface area contributed by atoms with E-state index in [2.05, 4.69) is 9.80 Å². The van der Waals surface area contributed by atoms with Crippen LogP contribution in [0.1, 0.15) is 0 Å². The quantitative estimate of drug-likeness (QED) is 0.804. The van der Waals surface area contributed by atoms with Crippen LogP contribution in [0.3, 0.4) is 0 Å². The lowest BCUT2D eigenvalue weighted by Gasteiger charge is -2.36. The van der Waals surface area contributed by atoms with E-state index < -0.39 is 6.10 Å². The minimum Gasteiger partial charge on any atom is -0.489 e. The molecule has 3 rings (SSSR count). The van der Waals surface area contributed by atoms with Crippen molar-refractivity contribution in [2.45, 2.75) is 6.10 Å². The third-order valence-electron chi connectivity index (χ3n) is 4.36. The molecule has 7 heteroatoms. The summed E-state index contributed by atoms with van der Waals surface area (Å²) in [6.07, 6.45) is -0.612. The number of benzene rings is 2. The third-order valence-corrected chi connectivity index (χ3v) is 4.89. The zero-order chi connectivity index (χ0) is 18.5. The van der Waals surface area contributed by atoms with Crippen LogP contribution in [0.5, 0.6) is 5.75 Å². The second kappa shape index (κ2) is 8.91. The summed E-state index contributed by atoms with van der Waals surface area (Å²) in [5.41, 5.74) is 1.02. The van der Waals surface area contributed by atoms with Gasteiger partial charge in [0.05, 0.1) is 5.02 Å². The Morgan fingerprint density at radius 3 is 2.38 bits per heavy atom. The molecule has 1 aliphatic heterocycles. The first kappa shape index (κ1) is 19.2. The lowest BCUT2D eigenvalue weighted by molar-refractivity contribution is 0.0663. The summed E-state index contributed by atoms with van der Waals surface area (Å²) >= 11 is 11.9. The van der Waals surface area contributed by atoms with Gasteiger partial charge in [-0.1, -0.05) is 23.2 Å². The first-order chi connectivity index (χ1) is 12.5. The van der Waals surface area contributed by atoms with Gasteiger partial charge in [-0.3, -0.25) is 4.90 Å². The van der Waals surface area contributed by atoms with Gasteiger partial charge in [0.15, 0.2) is 0 Å². The maximum atomic E-state index is 13.0. The van der Waals surface area contributed by atoms with Crippen molar-refractivity contribution in [2.75, 3.05) is 44.2 Å². The van der Waals surface area contributed by atoms with Crippen molar-refractivity contribution in [1.82, 2.24) is 4.90 Å². The lowest BCUT2D eigenvalue weighted by Crippen LogP contribution is -2.49. The molecular weight excluding hydrogens is 378 g/mol. The van der Waals surface area contributed by atoms with Crippen molar-refractivity contribution < 1.29 is 14.2 Å². The van der Waals surface area contributed by atoms with Crippen molar-refractivity contribution in [3.63, 3.8) is 0 Å². The molecule has 26 heavy (non-hydrogen) atoms. The molecular formula is C19H21Cl2FN2O2. The van der Waals surface area contributed by atoms with Crippen LogP contribution >= 0.6 is 23.2 Å². The summed E-state index contributed by atoms with van der Waals surface area (Å²) < 4.78 is 18.6. The molecule has 1 aliphatic rings. The Hall–Kier alpha value is -1.53. The predicted octanol–water partition coefficient (Wildman–Crippen LogP) is 3.69. The van der Waals surface area contributed by atoms with Gasteiger partial charge >= 0.3 is 0 Å². The summed E-state index contributed by atoms with van der Waals surface area (Å²) in [6.45, 7) is 4.03. The first-order valence-electron chi connectivity index (χ1n) is 8.50. The van der Waals surface area contributed by atoms with Crippen molar-refractivity contribution in [3.8, 4) is 5.75 Å². The Morgan fingerprint density at radius 2 is 1.73 bits per heavy atom. The second-order valence-corrected chi connectivity index (χ2v) is 7.15. The number of hydrogen-bond donors (Lipinski definition) is 1. The predicted molar refractivity (Wildman–Crippen MR) is 103 cm³/mol. The number of anilines is 1. The number of halogens is 3. The van der Waals surface area contributed by atoms with Crippen LogP contribution < -0.4 is 9.64 Å². The summed E-state index contributed by atoms with van der Waals surface area (Å²) in [5.74, 6) is 0.285. The Balaban J connectivity index is 1.43. The molecule has 1 saturated heterocycles. The number of aliphatic hydroxyl groups is 1. The zero-order valence-corrected chi connectivity index (χ0v) is 15.8. The van der Waals surface area contributed by atoms with Crippen LogP contribution in [0.4, 0.5) is 10.1 Å². The molecule has 0 bridgehead atoms. The number of hydrogen-bond acceptors (Lipinski definition) is 4. The van der Waals surface area contributed by atoms with E-state index >= 15 is 0 Å². The standard InChI is InChI=1S/C19H21Cl2FN2O2/c20-14-1-6-19(18(21)11-14)26-13-17(25)12-23-7-9-24(10-8-23)16-4-2-15(22)3-5-16/h1-6,11,17,25H,7-10,12-13H2/t17-/m1/s1. The topological polar surface area (TPSA) is 35.9 Å². The van der Waals surface area contributed by atoms with Gasteiger partial charge < -0.3 is 14.7 Å². The summed E-state index contributed by atoms with van der Waals surface area (Å²) in [7, 11) is 0. The molecule has 0 saturated carbocycles. The molecule has 0 unspecified atom stereocenters. The van der Waals surface area contributed by atoms with Crippen molar-refractivity contribution in [2.24, 2.45) is 0 Å². The van der Waals surface area contributed by atoms with Gasteiger partial charge in [-0.2, -0.15) is 0 Å². The van der Waals surface area contributed by atoms with Crippen LogP contribution in [0, 0.1) is 5.82 Å². The average molecular weight is 399 g/mol. The van der Waals surface area contributed by atoms with E-state index in [9.17, 15) is 9.50 Å². The van der Waals surface area contributed by atoms with Crippen LogP contribution in [0.15, 0.2) is 42.5 Å². The SMILES string of the molecule is O[C@@H](COc1ccc(Cl)cc1Cl)CN1CCN(c2ccc(F)cc2)CC1. The normalized spacial score (nSPS) is 16.5. The fraction of sp³-hybridized carbons (Fsp3) is 0.368. The maximum absolute atomic E-state index is 13.0. The Bertz CT molecular complexity index is 722. The van der Waals surface area contributed by atoms with Crippen molar-refractivity contribution in [1.29, 1.82) is 0 Å². The Kier molecular flexibility index (Phi) is 6.59. The fourth-order valence-electron chi connectivity index (χ4n) is 2.97. The Morgan fingerprint density at radius 1 is 1.04 bits per heavy atom. The number of β-amino-alcohol motifs (C(OH)–C–C–N with tert-alkyl or cyclic N) is 1. The monoisotopic (exact) mass is 398 g/mol. The van der Waals surface area contributed by atoms with Gasteiger partial charge in [0.25, 0.3) is 0 Å². The third kappa shape index (κ3) is 5.24. The largest absolute Gasteiger partial charge is 0.489 e. The molecule has 2 aromatic carbocycles. The molecule has 0 aliphatic carbocycles. The highest BCUT2D eigenvalue weighted by Gasteiger charge is 2.20. The number of piperazine rings is 1. The van der Waals surface area contributed by atoms with E-state index in [-0.39, 0.29) is 12.4 Å². The molecule has 0 radical (unpaired) electrons. The number of aliphatic hydroxyl groups excluding tert-OH is 1. The first-order valence-corrected chi connectivity index (χ1v) is 9.25. The molecule has 4 nitrogen and oxygen atoms in total. The maximum Gasteiger partial charge on any atom is 0.138 e. The average Bonchev–Trinajstić information content (AvgIpc) is 2.62. The van der Waals surface area contributed by atoms with Crippen molar-refractivity contribution >= 4 is 28.9 Å². The minimum absolute atomic E-state index is 0.166. The van der Waals surface area contributed by atoms with Crippen LogP contribution in [-0.2, 0) is 0 Å². The van der Waals surface area contributed by atoms with E-state index in [0.717, 1.165) is 31.9 Å². The molecule has 2 aromatic rings. The number of ether oxygens (including phenoxy) is 1. The van der Waals surface area contributed by atoms with E-state index in [1.807, 2.05) is 0 Å². The summed E-state index contributed by atoms with van der Waals surface area (Å²) in [4.78, 5) is 4.41. The molecule has 0 amide bonds. The van der Waals surface area contributed by atoms with Gasteiger partial charge in [-0.25, -0.2) is 4.39 Å². The van der Waals surface area contributed by atoms with Gasteiger partial charge in [-0.05, 0) is 42.5 Å². The van der Waals surface area contributed by atoms with Gasteiger partial charge in [0, 0.05) is 43.4 Å². The molecule has 1 fully saturated rings. The highest BCUT2D eigenvalue weighted by Crippen LogP contribution is 2.27. The van der Waals surface area contributed by atoms with Crippen LogP contribution in [0.25, 0.3) is 0 Å². The highest BCUT2D eigenvalue weighted by molar-refractivity contribution is 6.35. The second-order valence-electron chi connectivity index (χ2n) is 6.30. The van der Waals surface area contributed by atoms with E-state index in [4.69, 9.17) is 27.9 Å². The van der Waals surface area contributed by atoms with Crippen LogP contribution in [0.2, 0.25) is 10.0 Å². The van der Waals surface area contributed by atoms with E-state index in [1.54, 1.807) is 30.3 Å². The molecule has 1 heterocycles. The highest BCUT2D eigenvalue weighted by atomic mass is 35.5. The fourth-order valence-corrected chi connectivity index (χ4v) is 3.43.